The van der Waals surface area contributed by atoms with Crippen molar-refractivity contribution in [3.8, 4) is 11.1 Å². The van der Waals surface area contributed by atoms with Crippen LogP contribution >= 0.6 is 11.3 Å². The van der Waals surface area contributed by atoms with Crippen LogP contribution in [0.3, 0.4) is 0 Å². The number of rotatable bonds is 9. The van der Waals surface area contributed by atoms with Crippen LogP contribution in [0.5, 0.6) is 0 Å². The van der Waals surface area contributed by atoms with E-state index in [9.17, 15) is 9.90 Å². The van der Waals surface area contributed by atoms with E-state index in [-0.39, 0.29) is 5.69 Å². The van der Waals surface area contributed by atoms with Gasteiger partial charge in [0.1, 0.15) is 5.82 Å². The maximum absolute atomic E-state index is 12.6. The Kier molecular flexibility index (Phi) is 7.04. The number of aryl methyl sites for hydroxylation is 1. The molecule has 9 rings (SSSR count). The Morgan fingerprint density at radius 1 is 1.00 bits per heavy atom. The summed E-state index contributed by atoms with van der Waals surface area (Å²) >= 11 is 1.56. The fourth-order valence-electron chi connectivity index (χ4n) is 8.85. The van der Waals surface area contributed by atoms with Gasteiger partial charge in [0.2, 0.25) is 0 Å². The average molecular weight is 635 g/mol. The Morgan fingerprint density at radius 2 is 1.74 bits per heavy atom. The highest BCUT2D eigenvalue weighted by Gasteiger charge is 2.51. The van der Waals surface area contributed by atoms with Crippen LogP contribution in [0, 0.1) is 37.0 Å². The number of para-hydroxylation sites is 1. The summed E-state index contributed by atoms with van der Waals surface area (Å²) in [6.45, 7) is 7.46. The van der Waals surface area contributed by atoms with E-state index in [2.05, 4.69) is 37.1 Å². The highest BCUT2D eigenvalue weighted by atomic mass is 32.1. The van der Waals surface area contributed by atoms with E-state index in [1.807, 2.05) is 67.4 Å². The summed E-state index contributed by atoms with van der Waals surface area (Å²) in [7, 11) is 0. The second-order valence-corrected chi connectivity index (χ2v) is 14.7. The third kappa shape index (κ3) is 5.10. The molecular weight excluding hydrogens is 597 g/mol. The Labute approximate surface area is 271 Å². The normalized spacial score (nSPS) is 23.2. The molecule has 0 atom stereocenters. The zero-order valence-corrected chi connectivity index (χ0v) is 27.2. The van der Waals surface area contributed by atoms with Crippen molar-refractivity contribution in [3.63, 3.8) is 0 Å². The Balaban J connectivity index is 1.05. The molecule has 4 aliphatic carbocycles. The Bertz CT molecular complexity index is 1900. The lowest BCUT2D eigenvalue weighted by atomic mass is 9.49. The molecule has 4 saturated carbocycles. The quantitative estimate of drug-likeness (QED) is 0.167. The second-order valence-electron chi connectivity index (χ2n) is 13.7. The van der Waals surface area contributed by atoms with Gasteiger partial charge in [0, 0.05) is 29.9 Å². The van der Waals surface area contributed by atoms with Crippen LogP contribution < -0.4 is 10.2 Å². The topological polar surface area (TPSA) is 122 Å². The lowest BCUT2D eigenvalue weighted by Crippen LogP contribution is -2.48. The van der Waals surface area contributed by atoms with Crippen molar-refractivity contribution in [2.75, 3.05) is 16.8 Å². The third-order valence-corrected chi connectivity index (χ3v) is 11.4. The molecule has 4 aromatic heterocycles. The number of carboxylic acids is 1. The van der Waals surface area contributed by atoms with Crippen molar-refractivity contribution in [1.82, 2.24) is 29.9 Å². The van der Waals surface area contributed by atoms with Gasteiger partial charge >= 0.3 is 5.97 Å². The highest BCUT2D eigenvalue weighted by Crippen LogP contribution is 2.60. The largest absolute Gasteiger partial charge is 0.476 e. The number of aromatic carboxylic acids is 1. The number of benzene rings is 1. The summed E-state index contributed by atoms with van der Waals surface area (Å²) in [5, 5.41) is 28.1. The fraction of sp³-hybridized carbons (Fsp3) is 0.429. The molecule has 4 fully saturated rings. The van der Waals surface area contributed by atoms with Crippen molar-refractivity contribution < 1.29 is 9.90 Å². The number of hydrogen-bond donors (Lipinski definition) is 2. The van der Waals surface area contributed by atoms with Crippen molar-refractivity contribution >= 4 is 50.1 Å². The second kappa shape index (κ2) is 11.2. The number of fused-ring (bicyclic) bond motifs is 1. The van der Waals surface area contributed by atoms with Gasteiger partial charge in [0.15, 0.2) is 22.5 Å². The Hall–Kier alpha value is -4.38. The van der Waals surface area contributed by atoms with Crippen LogP contribution in [0.4, 0.5) is 22.6 Å². The molecule has 5 aromatic rings. The molecular formula is C35H38N8O2S. The number of anilines is 4. The molecule has 4 bridgehead atoms. The minimum Gasteiger partial charge on any atom is -0.476 e. The summed E-state index contributed by atoms with van der Waals surface area (Å²) in [5.74, 6) is 3.26. The predicted molar refractivity (Wildman–Crippen MR) is 180 cm³/mol. The SMILES string of the molecule is CCN(c1cc(C)c(Nc2nc3ccccc3s2)nn1)c1ccc(-c2cnn(CC34CC5CC(CC(C5)C3)C4)c2C)c(C(=O)O)n1. The van der Waals surface area contributed by atoms with Crippen LogP contribution in [0.15, 0.2) is 48.7 Å². The number of carboxylic acid groups (broad SMARTS) is 1. The summed E-state index contributed by atoms with van der Waals surface area (Å²) in [6.07, 6.45) is 9.97. The van der Waals surface area contributed by atoms with Gasteiger partial charge in [-0.05, 0) is 118 Å². The fourth-order valence-corrected chi connectivity index (χ4v) is 9.71. The first kappa shape index (κ1) is 29.1. The predicted octanol–water partition coefficient (Wildman–Crippen LogP) is 7.78. The smallest absolute Gasteiger partial charge is 0.355 e. The first-order valence-electron chi connectivity index (χ1n) is 16.3. The zero-order chi connectivity index (χ0) is 31.6. The first-order valence-corrected chi connectivity index (χ1v) is 17.1. The third-order valence-electron chi connectivity index (χ3n) is 10.5. The van der Waals surface area contributed by atoms with Gasteiger partial charge in [-0.3, -0.25) is 4.68 Å². The molecule has 10 nitrogen and oxygen atoms in total. The molecule has 1 aromatic carbocycles. The minimum absolute atomic E-state index is 0.00667. The van der Waals surface area contributed by atoms with E-state index in [0.717, 1.165) is 56.5 Å². The van der Waals surface area contributed by atoms with Gasteiger partial charge < -0.3 is 15.3 Å². The lowest BCUT2D eigenvalue weighted by Gasteiger charge is -2.56. The molecule has 4 aliphatic rings. The number of thiazole rings is 1. The molecule has 0 radical (unpaired) electrons. The zero-order valence-electron chi connectivity index (χ0n) is 26.4. The van der Waals surface area contributed by atoms with E-state index in [1.54, 1.807) is 11.3 Å². The molecule has 11 heteroatoms. The van der Waals surface area contributed by atoms with E-state index in [0.29, 0.717) is 35.0 Å². The molecule has 0 saturated heterocycles. The molecule has 0 unspecified atom stereocenters. The molecule has 0 aliphatic heterocycles. The highest BCUT2D eigenvalue weighted by molar-refractivity contribution is 7.22. The van der Waals surface area contributed by atoms with Gasteiger partial charge in [0.05, 0.1) is 16.4 Å². The van der Waals surface area contributed by atoms with Gasteiger partial charge in [-0.2, -0.15) is 5.10 Å². The number of nitrogens with zero attached hydrogens (tertiary/aromatic N) is 7. The van der Waals surface area contributed by atoms with Gasteiger partial charge in [-0.15, -0.1) is 10.2 Å². The number of pyridine rings is 1. The van der Waals surface area contributed by atoms with E-state index in [1.165, 1.54) is 38.5 Å². The molecule has 0 spiro atoms. The van der Waals surface area contributed by atoms with E-state index >= 15 is 0 Å². The summed E-state index contributed by atoms with van der Waals surface area (Å²) in [4.78, 5) is 23.8. The van der Waals surface area contributed by atoms with Crippen molar-refractivity contribution in [2.45, 2.75) is 65.8 Å². The Morgan fingerprint density at radius 3 is 2.41 bits per heavy atom. The number of hydrogen-bond acceptors (Lipinski definition) is 9. The van der Waals surface area contributed by atoms with Gasteiger partial charge in [0.25, 0.3) is 0 Å². The number of aromatic nitrogens is 6. The summed E-state index contributed by atoms with van der Waals surface area (Å²) in [5.41, 5.74) is 4.57. The van der Waals surface area contributed by atoms with Crippen molar-refractivity contribution in [1.29, 1.82) is 0 Å². The lowest BCUT2D eigenvalue weighted by molar-refractivity contribution is -0.0638. The van der Waals surface area contributed by atoms with Crippen molar-refractivity contribution in [2.24, 2.45) is 23.2 Å². The van der Waals surface area contributed by atoms with E-state index < -0.39 is 5.97 Å². The van der Waals surface area contributed by atoms with Gasteiger partial charge in [-0.25, -0.2) is 14.8 Å². The number of carbonyl (C=O) groups is 1. The maximum Gasteiger partial charge on any atom is 0.355 e. The van der Waals surface area contributed by atoms with Crippen LogP contribution in [0.2, 0.25) is 0 Å². The van der Waals surface area contributed by atoms with Crippen LogP contribution in [0.1, 0.15) is 67.2 Å². The summed E-state index contributed by atoms with van der Waals surface area (Å²) < 4.78 is 3.22. The number of nitrogens with one attached hydrogen (secondary N) is 1. The first-order chi connectivity index (χ1) is 22.3. The maximum atomic E-state index is 12.6. The summed E-state index contributed by atoms with van der Waals surface area (Å²) in [6, 6.07) is 13.6. The molecule has 46 heavy (non-hydrogen) atoms. The molecule has 236 valence electrons. The minimum atomic E-state index is -1.07. The van der Waals surface area contributed by atoms with Gasteiger partial charge in [-0.1, -0.05) is 23.5 Å². The van der Waals surface area contributed by atoms with E-state index in [4.69, 9.17) is 5.10 Å². The standard InChI is InChI=1S/C35H38N8O2S/c1-4-42(30-11-20(2)32(41-40-30)39-34-37-27-7-5-6-8-28(27)46-34)29-10-9-25(31(38-29)33(44)45)26-18-36-43(21(26)3)19-35-15-22-12-23(16-35)14-24(13-22)17-35/h5-11,18,22-24H,4,12-17,19H2,1-3H3,(H,44,45)(H,37,39,41). The monoisotopic (exact) mass is 634 g/mol. The molecule has 4 heterocycles. The molecule has 2 N–H and O–H groups in total. The average Bonchev–Trinajstić information content (AvgIpc) is 3.60. The van der Waals surface area contributed by atoms with Crippen molar-refractivity contribution in [3.05, 3.63) is 65.6 Å². The van der Waals surface area contributed by atoms with Crippen LogP contribution in [0.25, 0.3) is 21.3 Å². The van der Waals surface area contributed by atoms with Crippen LogP contribution in [-0.4, -0.2) is 47.6 Å². The van der Waals surface area contributed by atoms with Crippen LogP contribution in [-0.2, 0) is 6.54 Å². The molecule has 0 amide bonds.